The van der Waals surface area contributed by atoms with Gasteiger partial charge in [0, 0.05) is 95.8 Å². The van der Waals surface area contributed by atoms with E-state index in [1.54, 1.807) is 41.2 Å². The van der Waals surface area contributed by atoms with Crippen LogP contribution < -0.4 is 16.0 Å². The molecular formula is C55H67N11O7. The van der Waals surface area contributed by atoms with E-state index >= 15 is 0 Å². The van der Waals surface area contributed by atoms with Gasteiger partial charge in [-0.2, -0.15) is 10.1 Å². The van der Waals surface area contributed by atoms with Crippen molar-refractivity contribution in [2.24, 2.45) is 18.9 Å². The number of rotatable bonds is 15. The molecule has 2 aromatic carbocycles. The predicted octanol–water partition coefficient (Wildman–Crippen LogP) is 5.95. The fraction of sp³-hybridized carbons (Fsp3) is 0.491. The number of aromatic nitrogens is 6. The molecule has 0 radical (unpaired) electrons. The number of benzene rings is 2. The van der Waals surface area contributed by atoms with Crippen LogP contribution in [0.2, 0.25) is 0 Å². The van der Waals surface area contributed by atoms with E-state index in [0.29, 0.717) is 46.7 Å². The van der Waals surface area contributed by atoms with E-state index in [1.165, 1.54) is 4.90 Å². The Balaban J connectivity index is 0.634. The maximum absolute atomic E-state index is 14.3. The zero-order chi connectivity index (χ0) is 50.8. The number of carbonyl (C=O) groups excluding carboxylic acids is 2. The van der Waals surface area contributed by atoms with Crippen LogP contribution in [0.25, 0.3) is 28.3 Å². The van der Waals surface area contributed by atoms with Crippen LogP contribution in [-0.2, 0) is 26.1 Å². The van der Waals surface area contributed by atoms with Crippen molar-refractivity contribution >= 4 is 29.2 Å². The molecule has 73 heavy (non-hydrogen) atoms. The second-order valence-electron chi connectivity index (χ2n) is 20.7. The van der Waals surface area contributed by atoms with Crippen LogP contribution in [0.15, 0.2) is 83.8 Å². The Kier molecular flexibility index (Phi) is 14.8. The number of hydrogen-bond acceptors (Lipinski definition) is 14. The third kappa shape index (κ3) is 11.2. The SMILES string of the molecule is CC(C)[C@@H](C(=O)N1C[C@H](O)C[C@H]1C(=O)N[C@@H](C)c1ccc(-c2ccnn2C)cc1)c1cc(N2CCC(CN3CCC(OC4CC(OCC#Cc5cn6cc(-c7ccccc7O)nc6nc5N)C4)CC3)CC2)no1. The predicted molar refractivity (Wildman–Crippen MR) is 275 cm³/mol. The highest BCUT2D eigenvalue weighted by atomic mass is 16.5. The van der Waals surface area contributed by atoms with Gasteiger partial charge >= 0.3 is 0 Å². The van der Waals surface area contributed by atoms with Crippen LogP contribution in [0, 0.1) is 23.7 Å². The normalized spacial score (nSPS) is 21.8. The standard InChI is InChI=1S/C55H67N11O7/c1-34(2)51(54(70)66-32-40(67)26-47(66)53(69)58-35(3)37-11-13-38(14-12-37)46-15-20-57-62(46)4)49-29-50(61-73-49)64-23-16-36(17-24-64)30-63-21-18-41(19-22-63)72-43-27-42(28-43)71-25-7-8-39-31-65-33-45(59-55(65)60-52(39)56)44-9-5-6-10-48(44)68/h5-6,9-15,20,29,31,33-36,40-43,47,51,67-68H,16-19,21-28,30,32H2,1-4H3,(H,58,69)(H2,56,59,60)/t35-,40+,42?,43?,47-,51+/m0/s1. The molecule has 4 atom stereocenters. The van der Waals surface area contributed by atoms with Crippen molar-refractivity contribution in [3.63, 3.8) is 0 Å². The van der Waals surface area contributed by atoms with E-state index in [9.17, 15) is 19.8 Å². The van der Waals surface area contributed by atoms with E-state index in [0.717, 1.165) is 93.9 Å². The molecule has 10 rings (SSSR count). The van der Waals surface area contributed by atoms with Crippen LogP contribution in [0.3, 0.4) is 0 Å². The number of fused-ring (bicyclic) bond motifs is 1. The summed E-state index contributed by atoms with van der Waals surface area (Å²) in [5.41, 5.74) is 11.0. The number of hydrogen-bond donors (Lipinski definition) is 4. The van der Waals surface area contributed by atoms with E-state index in [4.69, 9.17) is 19.7 Å². The number of piperidine rings is 2. The number of aromatic hydroxyl groups is 1. The van der Waals surface area contributed by atoms with Crippen LogP contribution >= 0.6 is 0 Å². The number of amides is 2. The molecule has 18 heteroatoms. The van der Waals surface area contributed by atoms with Crippen LogP contribution in [-0.4, -0.2) is 137 Å². The number of anilines is 2. The van der Waals surface area contributed by atoms with Crippen molar-refractivity contribution in [1.82, 2.24) is 44.4 Å². The zero-order valence-corrected chi connectivity index (χ0v) is 42.1. The number of imidazole rings is 1. The third-order valence-electron chi connectivity index (χ3n) is 15.2. The number of phenolic OH excluding ortho intramolecular Hbond substituents is 1. The Hall–Kier alpha value is -6.78. The van der Waals surface area contributed by atoms with E-state index in [1.807, 2.05) is 75.0 Å². The number of β-amino-alcohol motifs (C(OH)–C–C–N with tert-alkyl or cyclic N) is 1. The summed E-state index contributed by atoms with van der Waals surface area (Å²) in [4.78, 5) is 43.4. The maximum atomic E-state index is 14.3. The maximum Gasteiger partial charge on any atom is 0.243 e. The molecule has 1 aliphatic carbocycles. The number of nitrogens with two attached hydrogens (primary N) is 1. The highest BCUT2D eigenvalue weighted by molar-refractivity contribution is 5.91. The summed E-state index contributed by atoms with van der Waals surface area (Å²) in [5, 5.41) is 32.8. The summed E-state index contributed by atoms with van der Waals surface area (Å²) in [6.07, 6.45) is 11.2. The van der Waals surface area contributed by atoms with Crippen molar-refractivity contribution in [2.75, 3.05) is 56.5 Å². The Morgan fingerprint density at radius 3 is 2.42 bits per heavy atom. The first kappa shape index (κ1) is 49.8. The zero-order valence-electron chi connectivity index (χ0n) is 42.1. The molecule has 7 heterocycles. The van der Waals surface area contributed by atoms with Crippen molar-refractivity contribution in [2.45, 2.75) is 108 Å². The lowest BCUT2D eigenvalue weighted by atomic mass is 9.91. The lowest BCUT2D eigenvalue weighted by Crippen LogP contribution is -2.48. The fourth-order valence-electron chi connectivity index (χ4n) is 10.9. The first-order chi connectivity index (χ1) is 35.3. The molecule has 6 aromatic rings. The Morgan fingerprint density at radius 2 is 1.70 bits per heavy atom. The number of nitrogens with one attached hydrogen (secondary N) is 1. The molecule has 4 aliphatic rings. The minimum absolute atomic E-state index is 0.0801. The molecule has 0 spiro atoms. The number of phenols is 1. The molecule has 3 saturated heterocycles. The van der Waals surface area contributed by atoms with Gasteiger partial charge in [-0.15, -0.1) is 0 Å². The molecule has 0 bridgehead atoms. The molecule has 384 valence electrons. The van der Waals surface area contributed by atoms with Gasteiger partial charge < -0.3 is 50.0 Å². The third-order valence-corrected chi connectivity index (χ3v) is 15.2. The summed E-state index contributed by atoms with van der Waals surface area (Å²) in [6.45, 7) is 11.1. The monoisotopic (exact) mass is 994 g/mol. The Bertz CT molecular complexity index is 2930. The number of nitrogen functional groups attached to an aromatic ring is 1. The van der Waals surface area contributed by atoms with Gasteiger partial charge in [-0.05, 0) is 73.8 Å². The topological polar surface area (TPSA) is 215 Å². The quantitative estimate of drug-likeness (QED) is 0.0876. The van der Waals surface area contributed by atoms with E-state index in [-0.39, 0.29) is 60.8 Å². The number of aryl methyl sites for hydroxylation is 1. The van der Waals surface area contributed by atoms with Crippen molar-refractivity contribution in [1.29, 1.82) is 0 Å². The molecule has 3 aliphatic heterocycles. The van der Waals surface area contributed by atoms with Gasteiger partial charge in [0.1, 0.15) is 30.1 Å². The van der Waals surface area contributed by atoms with Gasteiger partial charge in [-0.3, -0.25) is 18.7 Å². The molecule has 5 N–H and O–H groups in total. The summed E-state index contributed by atoms with van der Waals surface area (Å²) in [6, 6.07) is 17.8. The van der Waals surface area contributed by atoms with Gasteiger partial charge in [0.2, 0.25) is 17.6 Å². The van der Waals surface area contributed by atoms with Gasteiger partial charge in [0.25, 0.3) is 0 Å². The van der Waals surface area contributed by atoms with Crippen molar-refractivity contribution in [3.05, 3.63) is 96.1 Å². The van der Waals surface area contributed by atoms with E-state index in [2.05, 4.69) is 47.2 Å². The lowest BCUT2D eigenvalue weighted by molar-refractivity contribution is -0.141. The number of aliphatic hydroxyl groups excluding tert-OH is 1. The van der Waals surface area contributed by atoms with Crippen LogP contribution in [0.4, 0.5) is 11.6 Å². The molecule has 2 amide bonds. The van der Waals surface area contributed by atoms with Crippen molar-refractivity contribution < 1.29 is 33.8 Å². The molecule has 1 saturated carbocycles. The van der Waals surface area contributed by atoms with Crippen LogP contribution in [0.1, 0.15) is 94.6 Å². The number of para-hydroxylation sites is 1. The fourth-order valence-corrected chi connectivity index (χ4v) is 10.9. The second-order valence-corrected chi connectivity index (χ2v) is 20.7. The number of ether oxygens (including phenoxy) is 2. The Morgan fingerprint density at radius 1 is 0.932 bits per heavy atom. The highest BCUT2D eigenvalue weighted by Crippen LogP contribution is 2.35. The number of aliphatic hydroxyl groups is 1. The first-order valence-electron chi connectivity index (χ1n) is 25.8. The molecule has 4 fully saturated rings. The average molecular weight is 994 g/mol. The first-order valence-corrected chi connectivity index (χ1v) is 25.8. The molecular weight excluding hydrogens is 927 g/mol. The summed E-state index contributed by atoms with van der Waals surface area (Å²) >= 11 is 0. The average Bonchev–Trinajstić information content (AvgIpc) is 4.20. The Labute approximate surface area is 425 Å². The summed E-state index contributed by atoms with van der Waals surface area (Å²) in [5.74, 6) is 7.52. The van der Waals surface area contributed by atoms with Gasteiger partial charge in [0.05, 0.1) is 47.4 Å². The summed E-state index contributed by atoms with van der Waals surface area (Å²) < 4.78 is 22.0. The molecule has 18 nitrogen and oxygen atoms in total. The van der Waals surface area contributed by atoms with Crippen molar-refractivity contribution in [3.8, 4) is 40.1 Å². The summed E-state index contributed by atoms with van der Waals surface area (Å²) in [7, 11) is 1.90. The largest absolute Gasteiger partial charge is 0.507 e. The minimum atomic E-state index is -0.806. The number of carbonyl (C=O) groups is 2. The minimum Gasteiger partial charge on any atom is -0.507 e. The van der Waals surface area contributed by atoms with Gasteiger partial charge in [-0.1, -0.05) is 67.2 Å². The second kappa shape index (κ2) is 21.7. The number of nitrogens with zero attached hydrogens (tertiary/aromatic N) is 9. The van der Waals surface area contributed by atoms with E-state index < -0.39 is 18.1 Å². The number of likely N-dealkylation sites (tertiary alicyclic amines) is 2. The molecule has 4 aromatic heterocycles. The lowest BCUT2D eigenvalue weighted by Gasteiger charge is -2.41. The smallest absolute Gasteiger partial charge is 0.243 e. The molecule has 0 unspecified atom stereocenters. The van der Waals surface area contributed by atoms with Gasteiger partial charge in [0.15, 0.2) is 11.6 Å². The van der Waals surface area contributed by atoms with Crippen LogP contribution in [0.5, 0.6) is 5.75 Å². The highest BCUT2D eigenvalue weighted by Gasteiger charge is 2.44. The van der Waals surface area contributed by atoms with Gasteiger partial charge in [-0.25, -0.2) is 4.98 Å².